The van der Waals surface area contributed by atoms with Gasteiger partial charge in [-0.2, -0.15) is 5.10 Å². The minimum absolute atomic E-state index is 0. The zero-order valence-electron chi connectivity index (χ0n) is 16.6. The van der Waals surface area contributed by atoms with Gasteiger partial charge in [0.2, 0.25) is 0 Å². The minimum Gasteiger partial charge on any atom is -0.386 e. The zero-order valence-corrected chi connectivity index (χ0v) is 19.7. The Hall–Kier alpha value is -1.43. The van der Waals surface area contributed by atoms with E-state index in [2.05, 4.69) is 25.7 Å². The van der Waals surface area contributed by atoms with Gasteiger partial charge in [-0.1, -0.05) is 23.7 Å². The number of fused-ring (bicyclic) bond motifs is 1. The van der Waals surface area contributed by atoms with Gasteiger partial charge in [-0.15, -0.1) is 24.0 Å². The third kappa shape index (κ3) is 6.80. The molecule has 160 valence electrons. The van der Waals surface area contributed by atoms with Gasteiger partial charge in [0.15, 0.2) is 11.8 Å². The highest BCUT2D eigenvalue weighted by Gasteiger charge is 2.22. The van der Waals surface area contributed by atoms with E-state index in [0.717, 1.165) is 37.3 Å². The van der Waals surface area contributed by atoms with Crippen molar-refractivity contribution in [2.45, 2.75) is 45.1 Å². The maximum Gasteiger partial charge on any atom is 0.191 e. The molecule has 0 aliphatic carbocycles. The van der Waals surface area contributed by atoms with Crippen molar-refractivity contribution < 1.29 is 9.84 Å². The summed E-state index contributed by atoms with van der Waals surface area (Å²) in [6.45, 7) is 4.15. The van der Waals surface area contributed by atoms with Crippen LogP contribution in [0.3, 0.4) is 0 Å². The van der Waals surface area contributed by atoms with Crippen LogP contribution in [0.1, 0.15) is 36.7 Å². The molecule has 0 saturated heterocycles. The van der Waals surface area contributed by atoms with Gasteiger partial charge in [-0.05, 0) is 31.0 Å². The molecule has 0 spiro atoms. The molecule has 3 N–H and O–H groups in total. The molecule has 2 unspecified atom stereocenters. The predicted octanol–water partition coefficient (Wildman–Crippen LogP) is 2.30. The number of aliphatic imine (C=N–C) groups is 1. The molecule has 1 aliphatic heterocycles. The van der Waals surface area contributed by atoms with Crippen molar-refractivity contribution in [1.29, 1.82) is 0 Å². The van der Waals surface area contributed by atoms with Gasteiger partial charge in [-0.25, -0.2) is 9.67 Å². The van der Waals surface area contributed by atoms with E-state index in [4.69, 9.17) is 16.3 Å². The van der Waals surface area contributed by atoms with E-state index in [0.29, 0.717) is 23.4 Å². The van der Waals surface area contributed by atoms with Crippen molar-refractivity contribution in [3.63, 3.8) is 0 Å². The van der Waals surface area contributed by atoms with Gasteiger partial charge in [0, 0.05) is 31.1 Å². The Labute approximate surface area is 193 Å². The van der Waals surface area contributed by atoms with Crippen molar-refractivity contribution in [3.8, 4) is 0 Å². The third-order valence-electron chi connectivity index (χ3n) is 4.54. The average molecular weight is 535 g/mol. The van der Waals surface area contributed by atoms with E-state index in [1.54, 1.807) is 19.2 Å². The average Bonchev–Trinajstić information content (AvgIpc) is 3.08. The number of aliphatic hydroxyl groups is 1. The monoisotopic (exact) mass is 534 g/mol. The fourth-order valence-electron chi connectivity index (χ4n) is 3.15. The van der Waals surface area contributed by atoms with Crippen LogP contribution in [0.4, 0.5) is 0 Å². The summed E-state index contributed by atoms with van der Waals surface area (Å²) in [5, 5.41) is 22.2. The van der Waals surface area contributed by atoms with Crippen molar-refractivity contribution in [1.82, 2.24) is 25.4 Å². The Morgan fingerprint density at radius 1 is 1.41 bits per heavy atom. The van der Waals surface area contributed by atoms with Crippen LogP contribution in [0.5, 0.6) is 0 Å². The summed E-state index contributed by atoms with van der Waals surface area (Å²) in [5.74, 6) is 2.39. The summed E-state index contributed by atoms with van der Waals surface area (Å²) in [7, 11) is 1.64. The lowest BCUT2D eigenvalue weighted by molar-refractivity contribution is 0.177. The molecule has 29 heavy (non-hydrogen) atoms. The van der Waals surface area contributed by atoms with Crippen LogP contribution in [-0.2, 0) is 24.3 Å². The molecule has 2 atom stereocenters. The summed E-state index contributed by atoms with van der Waals surface area (Å²) in [6, 6.07) is 7.35. The molecular weight excluding hydrogens is 507 g/mol. The fraction of sp³-hybridized carbons (Fsp3) is 0.526. The number of nitrogens with one attached hydrogen (secondary N) is 2. The second-order valence-corrected chi connectivity index (χ2v) is 7.16. The molecule has 3 rings (SSSR count). The van der Waals surface area contributed by atoms with E-state index in [1.165, 1.54) is 0 Å². The number of hydrogen-bond acceptors (Lipinski definition) is 5. The fourth-order valence-corrected chi connectivity index (χ4v) is 3.28. The normalized spacial score (nSPS) is 17.2. The number of aliphatic hydroxyl groups excluding tert-OH is 1. The maximum atomic E-state index is 10.4. The highest BCUT2D eigenvalue weighted by molar-refractivity contribution is 14.0. The maximum absolute atomic E-state index is 10.4. The molecule has 0 radical (unpaired) electrons. The molecule has 0 fully saturated rings. The number of aryl methyl sites for hydroxylation is 1. The summed E-state index contributed by atoms with van der Waals surface area (Å²) in [5.41, 5.74) is 0.791. The molecular formula is C19H28ClIN6O2. The predicted molar refractivity (Wildman–Crippen MR) is 124 cm³/mol. The number of ether oxygens (including phenoxy) is 1. The molecule has 0 bridgehead atoms. The van der Waals surface area contributed by atoms with Crippen LogP contribution in [0.2, 0.25) is 5.02 Å². The number of benzene rings is 1. The number of halogens is 2. The van der Waals surface area contributed by atoms with Crippen LogP contribution in [0, 0.1) is 0 Å². The standard InChI is InChI=1S/C19H27ClN6O2.HI/c1-3-21-19(22-10-16(27)13-4-6-14(20)7-5-13)23-15-8-9-18-24-17(12-28-2)25-26(18)11-15;/h4-7,15-16,27H,3,8-12H2,1-2H3,(H2,21,22,23);1H. The first-order valence-electron chi connectivity index (χ1n) is 9.49. The summed E-state index contributed by atoms with van der Waals surface area (Å²) in [6.07, 6.45) is 1.11. The number of methoxy groups -OCH3 is 1. The van der Waals surface area contributed by atoms with Crippen LogP contribution >= 0.6 is 35.6 Å². The van der Waals surface area contributed by atoms with Crippen molar-refractivity contribution in [2.75, 3.05) is 20.2 Å². The zero-order chi connectivity index (χ0) is 19.9. The SMILES string of the molecule is CCNC(=NCC(O)c1ccc(Cl)cc1)NC1CCc2nc(COC)nn2C1.I. The number of rotatable bonds is 7. The number of aromatic nitrogens is 3. The van der Waals surface area contributed by atoms with Crippen molar-refractivity contribution in [3.05, 3.63) is 46.5 Å². The van der Waals surface area contributed by atoms with Gasteiger partial charge in [0.05, 0.1) is 19.2 Å². The smallest absolute Gasteiger partial charge is 0.191 e. The first kappa shape index (κ1) is 23.8. The van der Waals surface area contributed by atoms with Crippen molar-refractivity contribution in [2.24, 2.45) is 4.99 Å². The summed E-state index contributed by atoms with van der Waals surface area (Å²) >= 11 is 5.90. The van der Waals surface area contributed by atoms with Gasteiger partial charge in [0.1, 0.15) is 12.4 Å². The Kier molecular flexibility index (Phi) is 9.60. The molecule has 1 aromatic carbocycles. The first-order valence-corrected chi connectivity index (χ1v) is 9.86. The van der Waals surface area contributed by atoms with E-state index >= 15 is 0 Å². The van der Waals surface area contributed by atoms with Gasteiger partial charge in [0.25, 0.3) is 0 Å². The Morgan fingerprint density at radius 2 is 2.17 bits per heavy atom. The quantitative estimate of drug-likeness (QED) is 0.287. The summed E-state index contributed by atoms with van der Waals surface area (Å²) < 4.78 is 7.04. The van der Waals surface area contributed by atoms with Gasteiger partial charge >= 0.3 is 0 Å². The minimum atomic E-state index is -0.683. The third-order valence-corrected chi connectivity index (χ3v) is 4.79. The Morgan fingerprint density at radius 3 is 2.86 bits per heavy atom. The molecule has 8 nitrogen and oxygen atoms in total. The lowest BCUT2D eigenvalue weighted by Crippen LogP contribution is -2.47. The van der Waals surface area contributed by atoms with Gasteiger partial charge < -0.3 is 20.5 Å². The van der Waals surface area contributed by atoms with E-state index in [-0.39, 0.29) is 36.6 Å². The van der Waals surface area contributed by atoms with Gasteiger partial charge in [-0.3, -0.25) is 4.99 Å². The highest BCUT2D eigenvalue weighted by Crippen LogP contribution is 2.17. The lowest BCUT2D eigenvalue weighted by atomic mass is 10.1. The van der Waals surface area contributed by atoms with Crippen molar-refractivity contribution >= 4 is 41.5 Å². The number of nitrogens with zero attached hydrogens (tertiary/aromatic N) is 4. The molecule has 10 heteroatoms. The summed E-state index contributed by atoms with van der Waals surface area (Å²) in [4.78, 5) is 9.04. The Bertz CT molecular complexity index is 798. The van der Waals surface area contributed by atoms with Crippen LogP contribution in [-0.4, -0.2) is 52.1 Å². The molecule has 2 heterocycles. The number of hydrogen-bond donors (Lipinski definition) is 3. The topological polar surface area (TPSA) is 96.6 Å². The van der Waals surface area contributed by atoms with Crippen LogP contribution in [0.25, 0.3) is 0 Å². The second kappa shape index (κ2) is 11.7. The van der Waals surface area contributed by atoms with E-state index in [1.807, 2.05) is 23.7 Å². The van der Waals surface area contributed by atoms with Crippen LogP contribution < -0.4 is 10.6 Å². The largest absolute Gasteiger partial charge is 0.386 e. The molecule has 0 amide bonds. The van der Waals surface area contributed by atoms with E-state index < -0.39 is 6.10 Å². The highest BCUT2D eigenvalue weighted by atomic mass is 127. The Balaban J connectivity index is 0.00000300. The number of guanidine groups is 1. The molecule has 1 aromatic heterocycles. The molecule has 1 aliphatic rings. The lowest BCUT2D eigenvalue weighted by Gasteiger charge is -2.25. The van der Waals surface area contributed by atoms with E-state index in [9.17, 15) is 5.11 Å². The van der Waals surface area contributed by atoms with Crippen LogP contribution in [0.15, 0.2) is 29.3 Å². The second-order valence-electron chi connectivity index (χ2n) is 6.73. The first-order chi connectivity index (χ1) is 13.6. The molecule has 2 aromatic rings. The molecule has 0 saturated carbocycles.